The Hall–Kier alpha value is -2.57. The van der Waals surface area contributed by atoms with Gasteiger partial charge in [0.05, 0.1) is 11.7 Å². The number of carbonyl (C=O) groups excluding carboxylic acids is 1. The van der Waals surface area contributed by atoms with Gasteiger partial charge in [-0.05, 0) is 61.6 Å². The van der Waals surface area contributed by atoms with Crippen molar-refractivity contribution < 1.29 is 9.90 Å². The van der Waals surface area contributed by atoms with Gasteiger partial charge in [0.15, 0.2) is 6.10 Å². The van der Waals surface area contributed by atoms with Crippen LogP contribution in [0.4, 0.5) is 5.69 Å². The fourth-order valence-electron chi connectivity index (χ4n) is 3.76. The van der Waals surface area contributed by atoms with E-state index in [4.69, 9.17) is 11.6 Å². The first-order valence-corrected chi connectivity index (χ1v) is 9.90. The van der Waals surface area contributed by atoms with Gasteiger partial charge in [-0.25, -0.2) is 0 Å². The maximum Gasteiger partial charge on any atom is 0.253 e. The Bertz CT molecular complexity index is 966. The third-order valence-electron chi connectivity index (χ3n) is 5.30. The lowest BCUT2D eigenvalue weighted by Crippen LogP contribution is -2.42. The van der Waals surface area contributed by atoms with Crippen molar-refractivity contribution >= 4 is 34.1 Å². The molecule has 4 N–H and O–H groups in total. The summed E-state index contributed by atoms with van der Waals surface area (Å²) in [5.74, 6) is -0.371. The van der Waals surface area contributed by atoms with Gasteiger partial charge in [-0.3, -0.25) is 9.89 Å². The van der Waals surface area contributed by atoms with Crippen molar-refractivity contribution in [2.24, 2.45) is 0 Å². The highest BCUT2D eigenvalue weighted by atomic mass is 35.5. The number of nitrogens with zero attached hydrogens (tertiary/aromatic N) is 1. The highest BCUT2D eigenvalue weighted by Crippen LogP contribution is 2.25. The van der Waals surface area contributed by atoms with Gasteiger partial charge in [0, 0.05) is 28.2 Å². The first-order valence-electron chi connectivity index (χ1n) is 9.52. The molecule has 1 amide bonds. The lowest BCUT2D eigenvalue weighted by atomic mass is 9.90. The van der Waals surface area contributed by atoms with E-state index in [2.05, 4.69) is 33.0 Å². The molecule has 0 saturated heterocycles. The highest BCUT2D eigenvalue weighted by Gasteiger charge is 2.25. The van der Waals surface area contributed by atoms with E-state index >= 15 is 0 Å². The summed E-state index contributed by atoms with van der Waals surface area (Å²) in [6.07, 6.45) is 4.29. The van der Waals surface area contributed by atoms with Crippen LogP contribution in [0.15, 0.2) is 48.7 Å². The molecule has 0 aliphatic heterocycles. The van der Waals surface area contributed by atoms with Gasteiger partial charge in [0.2, 0.25) is 0 Å². The molecule has 1 saturated carbocycles. The van der Waals surface area contributed by atoms with Crippen LogP contribution < -0.4 is 10.6 Å². The third kappa shape index (κ3) is 4.29. The van der Waals surface area contributed by atoms with Crippen molar-refractivity contribution in [1.29, 1.82) is 0 Å². The summed E-state index contributed by atoms with van der Waals surface area (Å²) in [5.41, 5.74) is 2.61. The molecule has 6 nitrogen and oxygen atoms in total. The van der Waals surface area contributed by atoms with E-state index in [9.17, 15) is 9.90 Å². The number of fused-ring (bicyclic) bond motifs is 1. The van der Waals surface area contributed by atoms with Gasteiger partial charge in [-0.15, -0.1) is 0 Å². The van der Waals surface area contributed by atoms with E-state index < -0.39 is 6.10 Å². The molecule has 1 heterocycles. The molecule has 3 aromatic rings. The predicted molar refractivity (Wildman–Crippen MR) is 110 cm³/mol. The van der Waals surface area contributed by atoms with Crippen molar-refractivity contribution in [2.45, 2.75) is 43.9 Å². The number of carbonyl (C=O) groups is 1. The second-order valence-corrected chi connectivity index (χ2v) is 7.77. The van der Waals surface area contributed by atoms with Crippen LogP contribution in [0.1, 0.15) is 37.4 Å². The fraction of sp³-hybridized carbons (Fsp3) is 0.333. The number of aliphatic hydroxyl groups is 1. The maximum absolute atomic E-state index is 12.4. The molecule has 7 heteroatoms. The van der Waals surface area contributed by atoms with Crippen molar-refractivity contribution in [3.8, 4) is 0 Å². The van der Waals surface area contributed by atoms with E-state index in [0.717, 1.165) is 42.3 Å². The molecular weight excluding hydrogens is 376 g/mol. The number of nitrogens with one attached hydrogen (secondary N) is 3. The van der Waals surface area contributed by atoms with E-state index in [1.165, 1.54) is 0 Å². The van der Waals surface area contributed by atoms with Gasteiger partial charge in [-0.1, -0.05) is 23.7 Å². The van der Waals surface area contributed by atoms with E-state index in [1.54, 1.807) is 24.3 Å². The quantitative estimate of drug-likeness (QED) is 0.526. The molecule has 0 unspecified atom stereocenters. The fourth-order valence-corrected chi connectivity index (χ4v) is 3.96. The lowest BCUT2D eigenvalue weighted by molar-refractivity contribution is -0.130. The molecule has 28 heavy (non-hydrogen) atoms. The van der Waals surface area contributed by atoms with Crippen LogP contribution in [0.25, 0.3) is 10.9 Å². The molecule has 0 radical (unpaired) electrons. The molecular formula is C21H23ClN4O2. The summed E-state index contributed by atoms with van der Waals surface area (Å²) in [6.45, 7) is 0. The molecule has 146 valence electrons. The Morgan fingerprint density at radius 2 is 1.93 bits per heavy atom. The monoisotopic (exact) mass is 398 g/mol. The third-order valence-corrected chi connectivity index (χ3v) is 5.53. The predicted octanol–water partition coefficient (Wildman–Crippen LogP) is 3.79. The zero-order valence-corrected chi connectivity index (χ0v) is 16.1. The Morgan fingerprint density at radius 1 is 1.14 bits per heavy atom. The Kier molecular flexibility index (Phi) is 5.50. The molecule has 1 aliphatic rings. The molecule has 2 aromatic carbocycles. The number of aliphatic hydroxyl groups excluding tert-OH is 1. The minimum atomic E-state index is -1.20. The van der Waals surface area contributed by atoms with Gasteiger partial charge in [0.1, 0.15) is 0 Å². The summed E-state index contributed by atoms with van der Waals surface area (Å²) < 4.78 is 0. The number of rotatable bonds is 5. The number of hydrogen-bond acceptors (Lipinski definition) is 4. The molecule has 1 atom stereocenters. The van der Waals surface area contributed by atoms with Crippen molar-refractivity contribution in [3.63, 3.8) is 0 Å². The average Bonchev–Trinajstić information content (AvgIpc) is 3.17. The normalized spacial score (nSPS) is 20.6. The van der Waals surface area contributed by atoms with Crippen LogP contribution in [0, 0.1) is 0 Å². The van der Waals surface area contributed by atoms with Crippen LogP contribution in [0.3, 0.4) is 0 Å². The number of halogens is 1. The Morgan fingerprint density at radius 3 is 2.71 bits per heavy atom. The van der Waals surface area contributed by atoms with E-state index in [1.807, 2.05) is 12.3 Å². The van der Waals surface area contributed by atoms with Crippen LogP contribution in [0.2, 0.25) is 5.02 Å². The molecule has 0 bridgehead atoms. The maximum atomic E-state index is 12.4. The topological polar surface area (TPSA) is 90.0 Å². The Labute approximate surface area is 168 Å². The van der Waals surface area contributed by atoms with Crippen LogP contribution >= 0.6 is 11.6 Å². The van der Waals surface area contributed by atoms with Crippen molar-refractivity contribution in [2.75, 3.05) is 5.32 Å². The van der Waals surface area contributed by atoms with Crippen LogP contribution in [-0.2, 0) is 4.79 Å². The summed E-state index contributed by atoms with van der Waals surface area (Å²) in [7, 11) is 0. The second-order valence-electron chi connectivity index (χ2n) is 7.33. The number of aromatic amines is 1. The van der Waals surface area contributed by atoms with Crippen LogP contribution in [0.5, 0.6) is 0 Å². The summed E-state index contributed by atoms with van der Waals surface area (Å²) >= 11 is 5.94. The zero-order valence-electron chi connectivity index (χ0n) is 15.4. The number of amides is 1. The number of anilines is 1. The highest BCUT2D eigenvalue weighted by molar-refractivity contribution is 6.30. The zero-order chi connectivity index (χ0) is 19.5. The number of benzene rings is 2. The molecule has 4 rings (SSSR count). The minimum absolute atomic E-state index is 0.0794. The first-order chi connectivity index (χ1) is 13.6. The first kappa shape index (κ1) is 18.8. The molecule has 1 aromatic heterocycles. The van der Waals surface area contributed by atoms with Gasteiger partial charge < -0.3 is 15.7 Å². The minimum Gasteiger partial charge on any atom is -0.382 e. The lowest BCUT2D eigenvalue weighted by Gasteiger charge is -2.30. The molecule has 1 fully saturated rings. The number of aromatic nitrogens is 2. The second kappa shape index (κ2) is 8.20. The number of H-pyrrole nitrogens is 1. The largest absolute Gasteiger partial charge is 0.382 e. The molecule has 1 aliphatic carbocycles. The van der Waals surface area contributed by atoms with E-state index in [0.29, 0.717) is 16.6 Å². The summed E-state index contributed by atoms with van der Waals surface area (Å²) in [4.78, 5) is 12.4. The summed E-state index contributed by atoms with van der Waals surface area (Å²) in [6, 6.07) is 13.4. The van der Waals surface area contributed by atoms with Crippen LogP contribution in [-0.4, -0.2) is 33.3 Å². The SMILES string of the molecule is O=C(NC1CCC(Nc2ccc3[nH]ncc3c2)CC1)[C@H](O)c1cccc(Cl)c1. The van der Waals surface area contributed by atoms with Gasteiger partial charge in [-0.2, -0.15) is 5.10 Å². The van der Waals surface area contributed by atoms with Crippen molar-refractivity contribution in [3.05, 3.63) is 59.2 Å². The number of hydrogen-bond donors (Lipinski definition) is 4. The smallest absolute Gasteiger partial charge is 0.253 e. The standard InChI is InChI=1S/C21H23ClN4O2/c22-15-3-1-2-13(10-15)20(27)21(28)25-17-6-4-16(5-7-17)24-18-8-9-19-14(11-18)12-23-26-19/h1-3,8-12,16-17,20,24,27H,4-7H2,(H,23,26)(H,25,28)/t16?,17?,20-/m1/s1. The van der Waals surface area contributed by atoms with Gasteiger partial charge in [0.25, 0.3) is 5.91 Å². The molecule has 0 spiro atoms. The van der Waals surface area contributed by atoms with Crippen molar-refractivity contribution in [1.82, 2.24) is 15.5 Å². The average molecular weight is 399 g/mol. The summed E-state index contributed by atoms with van der Waals surface area (Å²) in [5, 5.41) is 25.4. The Balaban J connectivity index is 1.28. The van der Waals surface area contributed by atoms with Gasteiger partial charge >= 0.3 is 0 Å². The van der Waals surface area contributed by atoms with E-state index in [-0.39, 0.29) is 11.9 Å².